The Morgan fingerprint density at radius 2 is 2.03 bits per heavy atom. The van der Waals surface area contributed by atoms with Gasteiger partial charge in [-0.1, -0.05) is 57.4 Å². The number of benzene rings is 1. The predicted molar refractivity (Wildman–Crippen MR) is 130 cm³/mol. The molecule has 1 aromatic rings. The van der Waals surface area contributed by atoms with Crippen LogP contribution in [0.15, 0.2) is 43.1 Å². The molecule has 33 heavy (non-hydrogen) atoms. The highest BCUT2D eigenvalue weighted by atomic mass is 16.5. The monoisotopic (exact) mass is 455 g/mol. The minimum atomic E-state index is -0.705. The Balaban J connectivity index is 2.87. The van der Waals surface area contributed by atoms with Crippen LogP contribution in [0, 0.1) is 17.8 Å². The van der Waals surface area contributed by atoms with Crippen molar-refractivity contribution >= 4 is 11.9 Å². The average molecular weight is 456 g/mol. The van der Waals surface area contributed by atoms with Gasteiger partial charge in [-0.2, -0.15) is 0 Å². The third-order valence-electron chi connectivity index (χ3n) is 5.28. The van der Waals surface area contributed by atoms with E-state index in [0.29, 0.717) is 24.8 Å². The number of hydrogen-bond acceptors (Lipinski definition) is 5. The lowest BCUT2D eigenvalue weighted by Crippen LogP contribution is -2.28. The fraction of sp³-hybridized carbons (Fsp3) is 0.481. The number of rotatable bonds is 13. The van der Waals surface area contributed by atoms with Gasteiger partial charge >= 0.3 is 5.97 Å². The number of ether oxygens (including phenoxy) is 1. The second-order valence-electron chi connectivity index (χ2n) is 8.01. The van der Waals surface area contributed by atoms with E-state index in [4.69, 9.17) is 4.74 Å². The van der Waals surface area contributed by atoms with E-state index in [0.717, 1.165) is 12.8 Å². The van der Waals surface area contributed by atoms with Gasteiger partial charge in [-0.15, -0.1) is 6.58 Å². The standard InChI is InChI=1S/C27H37NO5/c1-5-8-9-10-17-25(31)28-18-12-15-22(19-24(30)20(4)13-6-2)33-27(32)26-21(7-3)14-11-16-23(26)29/h6,11-12,14,16,18,20,22,24,29-30H,2,5,7-9,13,15,19H2,1,3-4H3,(H,28,31). The van der Waals surface area contributed by atoms with E-state index < -0.39 is 24.1 Å². The van der Waals surface area contributed by atoms with Gasteiger partial charge in [0.05, 0.1) is 6.10 Å². The van der Waals surface area contributed by atoms with Crippen LogP contribution in [0.5, 0.6) is 5.75 Å². The highest BCUT2D eigenvalue weighted by Crippen LogP contribution is 2.25. The fourth-order valence-corrected chi connectivity index (χ4v) is 3.24. The second kappa shape index (κ2) is 15.7. The molecule has 0 spiro atoms. The zero-order valence-corrected chi connectivity index (χ0v) is 20.0. The lowest BCUT2D eigenvalue weighted by Gasteiger charge is -2.24. The van der Waals surface area contributed by atoms with Crippen molar-refractivity contribution in [1.82, 2.24) is 5.32 Å². The number of carbonyl (C=O) groups is 2. The van der Waals surface area contributed by atoms with Crippen molar-refractivity contribution in [2.24, 2.45) is 5.92 Å². The minimum Gasteiger partial charge on any atom is -0.507 e. The van der Waals surface area contributed by atoms with Crippen molar-refractivity contribution in [3.8, 4) is 17.6 Å². The maximum Gasteiger partial charge on any atom is 0.342 e. The molecule has 0 fully saturated rings. The van der Waals surface area contributed by atoms with Gasteiger partial charge in [0.2, 0.25) is 0 Å². The summed E-state index contributed by atoms with van der Waals surface area (Å²) in [6.07, 6.45) is 7.86. The molecule has 0 heterocycles. The van der Waals surface area contributed by atoms with Crippen molar-refractivity contribution in [3.63, 3.8) is 0 Å². The first-order valence-corrected chi connectivity index (χ1v) is 11.6. The largest absolute Gasteiger partial charge is 0.507 e. The number of phenols is 1. The van der Waals surface area contributed by atoms with Gasteiger partial charge in [0, 0.05) is 25.5 Å². The van der Waals surface area contributed by atoms with Gasteiger partial charge in [0.25, 0.3) is 5.91 Å². The zero-order valence-electron chi connectivity index (χ0n) is 20.0. The van der Waals surface area contributed by atoms with Crippen molar-refractivity contribution < 1.29 is 24.5 Å². The van der Waals surface area contributed by atoms with Crippen molar-refractivity contribution in [2.45, 2.75) is 77.9 Å². The molecule has 1 aromatic carbocycles. The van der Waals surface area contributed by atoms with Crippen LogP contribution in [0.2, 0.25) is 0 Å². The first-order chi connectivity index (χ1) is 15.8. The van der Waals surface area contributed by atoms with E-state index in [-0.39, 0.29) is 30.1 Å². The maximum atomic E-state index is 12.9. The summed E-state index contributed by atoms with van der Waals surface area (Å²) in [4.78, 5) is 24.6. The normalized spacial score (nSPS) is 13.5. The van der Waals surface area contributed by atoms with Crippen molar-refractivity contribution in [1.29, 1.82) is 0 Å². The molecule has 3 atom stereocenters. The number of aromatic hydroxyl groups is 1. The second-order valence-corrected chi connectivity index (χ2v) is 8.01. The van der Waals surface area contributed by atoms with Gasteiger partial charge in [-0.25, -0.2) is 4.79 Å². The van der Waals surface area contributed by atoms with Crippen LogP contribution in [-0.4, -0.2) is 34.3 Å². The van der Waals surface area contributed by atoms with E-state index in [1.165, 1.54) is 12.3 Å². The van der Waals surface area contributed by atoms with Gasteiger partial charge in [0.15, 0.2) is 0 Å². The number of esters is 1. The molecule has 3 N–H and O–H groups in total. The Morgan fingerprint density at radius 3 is 2.70 bits per heavy atom. The van der Waals surface area contributed by atoms with Gasteiger partial charge in [0.1, 0.15) is 17.4 Å². The Labute approximate surface area is 197 Å². The quantitative estimate of drug-likeness (QED) is 0.174. The van der Waals surface area contributed by atoms with Crippen LogP contribution < -0.4 is 5.32 Å². The third kappa shape index (κ3) is 10.4. The van der Waals surface area contributed by atoms with Crippen LogP contribution in [0.1, 0.15) is 75.2 Å². The predicted octanol–water partition coefficient (Wildman–Crippen LogP) is 4.66. The highest BCUT2D eigenvalue weighted by molar-refractivity contribution is 5.94. The number of nitrogens with one attached hydrogen (secondary N) is 1. The van der Waals surface area contributed by atoms with E-state index in [1.807, 2.05) is 13.8 Å². The Morgan fingerprint density at radius 1 is 1.27 bits per heavy atom. The number of allylic oxidation sites excluding steroid dienone is 1. The van der Waals surface area contributed by atoms with Crippen LogP contribution >= 0.6 is 0 Å². The van der Waals surface area contributed by atoms with E-state index in [1.54, 1.807) is 24.3 Å². The number of unbranched alkanes of at least 4 members (excludes halogenated alkanes) is 2. The molecular formula is C27H37NO5. The molecule has 0 aliphatic carbocycles. The summed E-state index contributed by atoms with van der Waals surface area (Å²) < 4.78 is 5.68. The number of phenolic OH excluding ortho intramolecular Hbond substituents is 1. The summed E-state index contributed by atoms with van der Waals surface area (Å²) in [5, 5.41) is 23.3. The maximum absolute atomic E-state index is 12.9. The van der Waals surface area contributed by atoms with Gasteiger partial charge in [-0.3, -0.25) is 4.79 Å². The Hall–Kier alpha value is -3.04. The molecule has 180 valence electrons. The van der Waals surface area contributed by atoms with Gasteiger partial charge < -0.3 is 20.3 Å². The summed E-state index contributed by atoms with van der Waals surface area (Å²) in [5.74, 6) is 4.11. The van der Waals surface area contributed by atoms with E-state index >= 15 is 0 Å². The Kier molecular flexibility index (Phi) is 13.3. The first-order valence-electron chi connectivity index (χ1n) is 11.6. The molecular weight excluding hydrogens is 418 g/mol. The molecule has 0 radical (unpaired) electrons. The summed E-state index contributed by atoms with van der Waals surface area (Å²) in [7, 11) is 0. The van der Waals surface area contributed by atoms with Crippen molar-refractivity contribution in [2.75, 3.05) is 0 Å². The summed E-state index contributed by atoms with van der Waals surface area (Å²) >= 11 is 0. The number of hydrogen-bond donors (Lipinski definition) is 3. The molecule has 0 saturated heterocycles. The van der Waals surface area contributed by atoms with E-state index in [2.05, 4.69) is 30.7 Å². The molecule has 1 rings (SSSR count). The van der Waals surface area contributed by atoms with Crippen LogP contribution in [0.25, 0.3) is 0 Å². The summed E-state index contributed by atoms with van der Waals surface area (Å²) in [5.41, 5.74) is 0.821. The molecule has 1 amide bonds. The number of aliphatic hydroxyl groups is 1. The SMILES string of the molecule is C=CCC(C)C(O)CC(CC=CNC(=O)C#CCCCC)OC(=O)c1c(O)cccc1CC. The van der Waals surface area contributed by atoms with E-state index in [9.17, 15) is 19.8 Å². The van der Waals surface area contributed by atoms with Crippen LogP contribution in [0.4, 0.5) is 0 Å². The molecule has 3 unspecified atom stereocenters. The fourth-order valence-electron chi connectivity index (χ4n) is 3.24. The zero-order chi connectivity index (χ0) is 24.6. The molecule has 0 bridgehead atoms. The molecule has 0 aliphatic rings. The number of amides is 1. The minimum absolute atomic E-state index is 0.0536. The average Bonchev–Trinajstić information content (AvgIpc) is 2.79. The third-order valence-corrected chi connectivity index (χ3v) is 5.28. The van der Waals surface area contributed by atoms with Gasteiger partial charge in [-0.05, 0) is 42.7 Å². The summed E-state index contributed by atoms with van der Waals surface area (Å²) in [6, 6.07) is 4.89. The number of carbonyl (C=O) groups excluding carboxylic acids is 2. The molecule has 0 aromatic heterocycles. The molecule has 0 aliphatic heterocycles. The lowest BCUT2D eigenvalue weighted by molar-refractivity contribution is -0.114. The number of aliphatic hydroxyl groups excluding tert-OH is 1. The topological polar surface area (TPSA) is 95.9 Å². The number of aryl methyl sites for hydroxylation is 1. The van der Waals surface area contributed by atoms with Crippen LogP contribution in [-0.2, 0) is 16.0 Å². The lowest BCUT2D eigenvalue weighted by atomic mass is 9.95. The molecule has 0 saturated carbocycles. The van der Waals surface area contributed by atoms with Crippen molar-refractivity contribution in [3.05, 3.63) is 54.3 Å². The molecule has 6 heteroatoms. The first kappa shape index (κ1) is 28.0. The smallest absolute Gasteiger partial charge is 0.342 e. The highest BCUT2D eigenvalue weighted by Gasteiger charge is 2.24. The summed E-state index contributed by atoms with van der Waals surface area (Å²) in [6.45, 7) is 9.55. The van der Waals surface area contributed by atoms with Crippen LogP contribution in [0.3, 0.4) is 0 Å². The molecule has 6 nitrogen and oxygen atoms in total. The Bertz CT molecular complexity index is 865.